The maximum Gasteiger partial charge on any atom is 0.233 e. The molecule has 2 heterocycles. The van der Waals surface area contributed by atoms with Gasteiger partial charge in [-0.1, -0.05) is 61.9 Å². The van der Waals surface area contributed by atoms with E-state index in [1.54, 1.807) is 0 Å². The lowest BCUT2D eigenvalue weighted by atomic mass is 10.0. The van der Waals surface area contributed by atoms with Crippen LogP contribution in [-0.4, -0.2) is 25.9 Å². The van der Waals surface area contributed by atoms with Gasteiger partial charge < -0.3 is 9.88 Å². The summed E-state index contributed by atoms with van der Waals surface area (Å²) in [6.45, 7) is 5.06. The molecule has 2 unspecified atom stereocenters. The second-order valence-electron chi connectivity index (χ2n) is 6.88. The van der Waals surface area contributed by atoms with Crippen LogP contribution in [0.1, 0.15) is 63.4 Å². The quantitative estimate of drug-likeness (QED) is 0.742. The standard InChI is InChI=1S/C20H28N4OS/c1-3-10-17(16-11-6-4-7-12-16)21-19(25)15(2)26-20-23-22-18-13-8-5-9-14-24(18)20/h4,6-7,11-12,15,17H,3,5,8-10,13-14H2,1-2H3,(H,21,25). The van der Waals surface area contributed by atoms with Gasteiger partial charge in [0, 0.05) is 13.0 Å². The maximum absolute atomic E-state index is 12.8. The highest BCUT2D eigenvalue weighted by Gasteiger charge is 2.23. The van der Waals surface area contributed by atoms with E-state index in [1.807, 2.05) is 25.1 Å². The van der Waals surface area contributed by atoms with Gasteiger partial charge >= 0.3 is 0 Å². The van der Waals surface area contributed by atoms with Gasteiger partial charge in [-0.05, 0) is 31.7 Å². The van der Waals surface area contributed by atoms with Gasteiger partial charge in [0.2, 0.25) is 5.91 Å². The van der Waals surface area contributed by atoms with E-state index in [9.17, 15) is 4.79 Å². The molecule has 0 saturated carbocycles. The second kappa shape index (κ2) is 9.21. The first-order valence-corrected chi connectivity index (χ1v) is 10.5. The molecule has 140 valence electrons. The summed E-state index contributed by atoms with van der Waals surface area (Å²) in [5.74, 6) is 1.12. The monoisotopic (exact) mass is 372 g/mol. The first-order valence-electron chi connectivity index (χ1n) is 9.63. The van der Waals surface area contributed by atoms with E-state index >= 15 is 0 Å². The van der Waals surface area contributed by atoms with Crippen LogP contribution < -0.4 is 5.32 Å². The van der Waals surface area contributed by atoms with Crippen molar-refractivity contribution < 1.29 is 4.79 Å². The summed E-state index contributed by atoms with van der Waals surface area (Å²) in [5, 5.41) is 12.6. The third kappa shape index (κ3) is 4.67. The number of aryl methyl sites for hydroxylation is 1. The Balaban J connectivity index is 1.65. The number of nitrogens with one attached hydrogen (secondary N) is 1. The van der Waals surface area contributed by atoms with Gasteiger partial charge in [-0.2, -0.15) is 0 Å². The lowest BCUT2D eigenvalue weighted by Gasteiger charge is -2.21. The van der Waals surface area contributed by atoms with E-state index in [2.05, 4.69) is 39.1 Å². The SMILES string of the molecule is CCCC(NC(=O)C(C)Sc1nnc2n1CCCCC2)c1ccccc1. The summed E-state index contributed by atoms with van der Waals surface area (Å²) in [6.07, 6.45) is 6.52. The van der Waals surface area contributed by atoms with Crippen LogP contribution in [0.15, 0.2) is 35.5 Å². The van der Waals surface area contributed by atoms with Crippen LogP contribution in [0.4, 0.5) is 0 Å². The Kier molecular flexibility index (Phi) is 6.72. The normalized spacial score (nSPS) is 16.4. The largest absolute Gasteiger partial charge is 0.348 e. The highest BCUT2D eigenvalue weighted by Crippen LogP contribution is 2.26. The number of nitrogens with zero attached hydrogens (tertiary/aromatic N) is 3. The zero-order chi connectivity index (χ0) is 18.4. The van der Waals surface area contributed by atoms with Crippen molar-refractivity contribution in [3.8, 4) is 0 Å². The van der Waals surface area contributed by atoms with E-state index in [0.29, 0.717) is 0 Å². The Morgan fingerprint density at radius 3 is 2.81 bits per heavy atom. The summed E-state index contributed by atoms with van der Waals surface area (Å²) in [6, 6.07) is 10.3. The Morgan fingerprint density at radius 2 is 2.04 bits per heavy atom. The molecule has 2 aromatic rings. The molecule has 2 atom stereocenters. The van der Waals surface area contributed by atoms with Gasteiger partial charge in [-0.3, -0.25) is 4.79 Å². The van der Waals surface area contributed by atoms with E-state index in [4.69, 9.17) is 0 Å². The second-order valence-corrected chi connectivity index (χ2v) is 8.19. The molecule has 0 fully saturated rings. The number of amides is 1. The highest BCUT2D eigenvalue weighted by molar-refractivity contribution is 8.00. The molecule has 1 amide bonds. The van der Waals surface area contributed by atoms with Crippen molar-refractivity contribution in [1.82, 2.24) is 20.1 Å². The van der Waals surface area contributed by atoms with Gasteiger partial charge in [0.05, 0.1) is 11.3 Å². The maximum atomic E-state index is 12.8. The van der Waals surface area contributed by atoms with Crippen LogP contribution in [-0.2, 0) is 17.8 Å². The number of carbonyl (C=O) groups excluding carboxylic acids is 1. The minimum atomic E-state index is -0.199. The Hall–Kier alpha value is -1.82. The van der Waals surface area contributed by atoms with Crippen molar-refractivity contribution in [2.45, 2.75) is 75.4 Å². The molecule has 5 nitrogen and oxygen atoms in total. The molecule has 0 aliphatic carbocycles. The van der Waals surface area contributed by atoms with Gasteiger partial charge in [0.15, 0.2) is 5.16 Å². The van der Waals surface area contributed by atoms with E-state index < -0.39 is 0 Å². The van der Waals surface area contributed by atoms with Crippen LogP contribution in [0.2, 0.25) is 0 Å². The fourth-order valence-corrected chi connectivity index (χ4v) is 4.25. The molecule has 1 aliphatic heterocycles. The minimum Gasteiger partial charge on any atom is -0.348 e. The van der Waals surface area contributed by atoms with Gasteiger partial charge in [-0.15, -0.1) is 10.2 Å². The lowest BCUT2D eigenvalue weighted by molar-refractivity contribution is -0.121. The van der Waals surface area contributed by atoms with Crippen molar-refractivity contribution in [1.29, 1.82) is 0 Å². The first-order chi connectivity index (χ1) is 12.7. The molecule has 0 radical (unpaired) electrons. The average Bonchev–Trinajstić information content (AvgIpc) is 2.88. The molecule has 6 heteroatoms. The van der Waals surface area contributed by atoms with Gasteiger partial charge in [0.25, 0.3) is 0 Å². The Labute approximate surface area is 160 Å². The fraction of sp³-hybridized carbons (Fsp3) is 0.550. The third-order valence-corrected chi connectivity index (χ3v) is 5.90. The minimum absolute atomic E-state index is 0.0586. The molecule has 26 heavy (non-hydrogen) atoms. The highest BCUT2D eigenvalue weighted by atomic mass is 32.2. The van der Waals surface area contributed by atoms with Crippen molar-refractivity contribution in [2.75, 3.05) is 0 Å². The smallest absolute Gasteiger partial charge is 0.233 e. The first kappa shape index (κ1) is 19.0. The number of thioether (sulfide) groups is 1. The molecule has 1 aliphatic rings. The summed E-state index contributed by atoms with van der Waals surface area (Å²) < 4.78 is 2.20. The molecule has 3 rings (SSSR count). The van der Waals surface area contributed by atoms with E-state index in [0.717, 1.165) is 48.8 Å². The average molecular weight is 373 g/mol. The van der Waals surface area contributed by atoms with Crippen LogP contribution in [0.25, 0.3) is 0 Å². The number of hydrogen-bond acceptors (Lipinski definition) is 4. The summed E-state index contributed by atoms with van der Waals surface area (Å²) >= 11 is 1.51. The number of carbonyl (C=O) groups is 1. The van der Waals surface area contributed by atoms with Crippen LogP contribution in [0.3, 0.4) is 0 Å². The molecule has 1 N–H and O–H groups in total. The summed E-state index contributed by atoms with van der Waals surface area (Å²) in [7, 11) is 0. The van der Waals surface area contributed by atoms with Gasteiger partial charge in [-0.25, -0.2) is 0 Å². The molecule has 0 spiro atoms. The summed E-state index contributed by atoms with van der Waals surface area (Å²) in [5.41, 5.74) is 1.16. The zero-order valence-corrected chi connectivity index (χ0v) is 16.5. The van der Waals surface area contributed by atoms with Crippen LogP contribution in [0.5, 0.6) is 0 Å². The van der Waals surface area contributed by atoms with Crippen LogP contribution in [0, 0.1) is 0 Å². The number of rotatable bonds is 7. The molecular weight excluding hydrogens is 344 g/mol. The summed E-state index contributed by atoms with van der Waals surface area (Å²) in [4.78, 5) is 12.8. The number of aromatic nitrogens is 3. The zero-order valence-electron chi connectivity index (χ0n) is 15.6. The Bertz CT molecular complexity index is 716. The van der Waals surface area contributed by atoms with Crippen molar-refractivity contribution in [3.63, 3.8) is 0 Å². The van der Waals surface area contributed by atoms with E-state index in [1.165, 1.54) is 24.6 Å². The lowest BCUT2D eigenvalue weighted by Crippen LogP contribution is -2.34. The number of hydrogen-bond donors (Lipinski definition) is 1. The molecular formula is C20H28N4OS. The molecule has 0 bridgehead atoms. The molecule has 1 aromatic heterocycles. The van der Waals surface area contributed by atoms with E-state index in [-0.39, 0.29) is 17.2 Å². The topological polar surface area (TPSA) is 59.8 Å². The number of fused-ring (bicyclic) bond motifs is 1. The van der Waals surface area contributed by atoms with Crippen molar-refractivity contribution in [2.24, 2.45) is 0 Å². The predicted octanol–water partition coefficient (Wildman–Crippen LogP) is 4.14. The van der Waals surface area contributed by atoms with Crippen molar-refractivity contribution >= 4 is 17.7 Å². The van der Waals surface area contributed by atoms with Crippen molar-refractivity contribution in [3.05, 3.63) is 41.7 Å². The Morgan fingerprint density at radius 1 is 1.23 bits per heavy atom. The number of benzene rings is 1. The fourth-order valence-electron chi connectivity index (χ4n) is 3.34. The molecule has 1 aromatic carbocycles. The van der Waals surface area contributed by atoms with Gasteiger partial charge in [0.1, 0.15) is 5.82 Å². The predicted molar refractivity (Wildman–Crippen MR) is 105 cm³/mol. The van der Waals surface area contributed by atoms with Crippen LogP contribution >= 0.6 is 11.8 Å². The third-order valence-electron chi connectivity index (χ3n) is 4.82. The molecule has 0 saturated heterocycles.